The van der Waals surface area contributed by atoms with Crippen LogP contribution in [-0.4, -0.2) is 49.3 Å². The van der Waals surface area contributed by atoms with Crippen molar-refractivity contribution in [2.24, 2.45) is 23.2 Å². The molecule has 0 aromatic carbocycles. The van der Waals surface area contributed by atoms with E-state index in [2.05, 4.69) is 17.6 Å². The third-order valence-electron chi connectivity index (χ3n) is 7.46. The Hall–Kier alpha value is -1.14. The number of fused-ring (bicyclic) bond motifs is 2. The molecule has 0 unspecified atom stereocenters. The minimum absolute atomic E-state index is 0.00141. The molecular formula is C19H28N2O4. The molecule has 6 heteroatoms. The molecule has 3 saturated carbocycles. The lowest BCUT2D eigenvalue weighted by molar-refractivity contribution is -0.170. The smallest absolute Gasteiger partial charge is 0.311 e. The molecule has 0 radical (unpaired) electrons. The van der Waals surface area contributed by atoms with Crippen molar-refractivity contribution in [3.8, 4) is 0 Å². The van der Waals surface area contributed by atoms with Gasteiger partial charge in [-0.25, -0.2) is 0 Å². The van der Waals surface area contributed by atoms with Crippen LogP contribution < -0.4 is 10.6 Å². The molecule has 7 rings (SSSR count). The number of hydrogen-bond donors (Lipinski definition) is 2. The van der Waals surface area contributed by atoms with E-state index in [9.17, 15) is 9.59 Å². The van der Waals surface area contributed by atoms with Gasteiger partial charge < -0.3 is 20.1 Å². The van der Waals surface area contributed by atoms with Gasteiger partial charge in [0.2, 0.25) is 0 Å². The summed E-state index contributed by atoms with van der Waals surface area (Å²) in [5.41, 5.74) is 0.102. The van der Waals surface area contributed by atoms with Gasteiger partial charge >= 0.3 is 11.9 Å². The second-order valence-electron chi connectivity index (χ2n) is 9.13. The first-order valence-corrected chi connectivity index (χ1v) is 9.91. The van der Waals surface area contributed by atoms with E-state index in [1.807, 2.05) is 0 Å². The van der Waals surface area contributed by atoms with Gasteiger partial charge in [0.15, 0.2) is 0 Å². The van der Waals surface area contributed by atoms with Crippen molar-refractivity contribution < 1.29 is 19.1 Å². The van der Waals surface area contributed by atoms with E-state index in [0.29, 0.717) is 18.0 Å². The minimum atomic E-state index is -0.0266. The number of rotatable bonds is 4. The number of hydrogen-bond acceptors (Lipinski definition) is 6. The summed E-state index contributed by atoms with van der Waals surface area (Å²) in [5.74, 6) is 0.559. The molecular weight excluding hydrogens is 320 g/mol. The molecule has 0 aromatic heterocycles. The van der Waals surface area contributed by atoms with Crippen molar-refractivity contribution in [2.75, 3.05) is 13.1 Å². The normalized spacial score (nSPS) is 49.9. The van der Waals surface area contributed by atoms with Gasteiger partial charge in [0.25, 0.3) is 0 Å². The highest BCUT2D eigenvalue weighted by Crippen LogP contribution is 2.52. The molecule has 7 fully saturated rings. The highest BCUT2D eigenvalue weighted by Gasteiger charge is 2.60. The third kappa shape index (κ3) is 2.52. The Morgan fingerprint density at radius 2 is 1.64 bits per heavy atom. The van der Waals surface area contributed by atoms with Crippen LogP contribution in [0, 0.1) is 23.2 Å². The molecule has 7 aliphatic rings. The van der Waals surface area contributed by atoms with E-state index in [-0.39, 0.29) is 41.4 Å². The summed E-state index contributed by atoms with van der Waals surface area (Å²) in [6.45, 7) is 4.06. The summed E-state index contributed by atoms with van der Waals surface area (Å²) >= 11 is 0. The Labute approximate surface area is 148 Å². The molecule has 25 heavy (non-hydrogen) atoms. The van der Waals surface area contributed by atoms with E-state index in [1.165, 1.54) is 0 Å². The first kappa shape index (κ1) is 16.1. The predicted molar refractivity (Wildman–Crippen MR) is 89.6 cm³/mol. The average molecular weight is 348 g/mol. The summed E-state index contributed by atoms with van der Waals surface area (Å²) in [6, 6.07) is 0.670. The Morgan fingerprint density at radius 1 is 0.960 bits per heavy atom. The highest BCUT2D eigenvalue weighted by atomic mass is 16.6. The van der Waals surface area contributed by atoms with Crippen LogP contribution in [0.25, 0.3) is 0 Å². The van der Waals surface area contributed by atoms with E-state index in [4.69, 9.17) is 9.47 Å². The lowest BCUT2D eigenvalue weighted by Crippen LogP contribution is -2.50. The third-order valence-corrected chi connectivity index (χ3v) is 7.46. The average Bonchev–Trinajstić information content (AvgIpc) is 3.28. The minimum Gasteiger partial charge on any atom is -0.462 e. The quantitative estimate of drug-likeness (QED) is 0.738. The molecule has 4 saturated heterocycles. The molecule has 4 heterocycles. The fraction of sp³-hybridized carbons (Fsp3) is 0.895. The van der Waals surface area contributed by atoms with Gasteiger partial charge in [0, 0.05) is 18.6 Å². The van der Waals surface area contributed by atoms with Gasteiger partial charge in [-0.2, -0.15) is 0 Å². The lowest BCUT2D eigenvalue weighted by Gasteiger charge is -2.42. The SMILES string of the molecule is C[C@]12CN[C@H](C1)[C@H]2C(=O)OC1CCC(OC(=O)[C@H]2[C@H]3CN[C@@H]2C3)CC1. The summed E-state index contributed by atoms with van der Waals surface area (Å²) in [6.07, 6.45) is 5.44. The van der Waals surface area contributed by atoms with Crippen LogP contribution in [0.2, 0.25) is 0 Å². The molecule has 3 aliphatic carbocycles. The molecule has 138 valence electrons. The van der Waals surface area contributed by atoms with Crippen LogP contribution in [0.3, 0.4) is 0 Å². The molecule has 6 atom stereocenters. The highest BCUT2D eigenvalue weighted by molar-refractivity contribution is 5.77. The number of carbonyl (C=O) groups excluding carboxylic acids is 2. The fourth-order valence-electron chi connectivity index (χ4n) is 5.84. The topological polar surface area (TPSA) is 76.7 Å². The van der Waals surface area contributed by atoms with Crippen molar-refractivity contribution in [1.82, 2.24) is 10.6 Å². The Bertz CT molecular complexity index is 570. The van der Waals surface area contributed by atoms with Gasteiger partial charge in [-0.3, -0.25) is 9.59 Å². The Balaban J connectivity index is 1.07. The van der Waals surface area contributed by atoms with Crippen molar-refractivity contribution in [1.29, 1.82) is 0 Å². The van der Waals surface area contributed by atoms with Crippen molar-refractivity contribution in [2.45, 2.75) is 69.7 Å². The molecule has 2 N–H and O–H groups in total. The zero-order valence-corrected chi connectivity index (χ0v) is 14.8. The molecule has 6 nitrogen and oxygen atoms in total. The number of nitrogens with one attached hydrogen (secondary N) is 2. The zero-order valence-electron chi connectivity index (χ0n) is 14.8. The maximum atomic E-state index is 12.5. The van der Waals surface area contributed by atoms with Gasteiger partial charge in [-0.1, -0.05) is 6.92 Å². The molecule has 4 aliphatic heterocycles. The van der Waals surface area contributed by atoms with Gasteiger partial charge in [-0.15, -0.1) is 0 Å². The van der Waals surface area contributed by atoms with Crippen LogP contribution in [0.4, 0.5) is 0 Å². The monoisotopic (exact) mass is 348 g/mol. The Morgan fingerprint density at radius 3 is 2.12 bits per heavy atom. The van der Waals surface area contributed by atoms with Crippen LogP contribution >= 0.6 is 0 Å². The first-order valence-electron chi connectivity index (χ1n) is 9.91. The second-order valence-corrected chi connectivity index (χ2v) is 9.13. The maximum absolute atomic E-state index is 12.5. The summed E-state index contributed by atoms with van der Waals surface area (Å²) in [5, 5.41) is 6.77. The van der Waals surface area contributed by atoms with Gasteiger partial charge in [0.05, 0.1) is 11.8 Å². The zero-order chi connectivity index (χ0) is 17.2. The predicted octanol–water partition coefficient (Wildman–Crippen LogP) is 0.990. The summed E-state index contributed by atoms with van der Waals surface area (Å²) in [7, 11) is 0. The molecule has 4 bridgehead atoms. The van der Waals surface area contributed by atoms with E-state index in [0.717, 1.165) is 51.6 Å². The maximum Gasteiger partial charge on any atom is 0.311 e. The first-order chi connectivity index (χ1) is 12.0. The van der Waals surface area contributed by atoms with Crippen LogP contribution in [0.1, 0.15) is 45.4 Å². The number of carbonyl (C=O) groups is 2. The van der Waals surface area contributed by atoms with E-state index >= 15 is 0 Å². The van der Waals surface area contributed by atoms with Crippen LogP contribution in [0.15, 0.2) is 0 Å². The van der Waals surface area contributed by atoms with Crippen molar-refractivity contribution in [3.63, 3.8) is 0 Å². The molecule has 0 spiro atoms. The number of esters is 2. The standard InChI is InChI=1S/C19H28N2O4/c1-19-7-14(21-9-19)16(19)18(23)25-12-4-2-11(3-5-12)24-17(22)15-10-6-13(15)20-8-10/h10-16,20-21H,2-9H2,1H3/t10-,11?,12?,13-,14-,15+,16+,19-/m1/s1. The molecule has 0 amide bonds. The van der Waals surface area contributed by atoms with Crippen molar-refractivity contribution in [3.05, 3.63) is 0 Å². The largest absolute Gasteiger partial charge is 0.462 e. The summed E-state index contributed by atoms with van der Waals surface area (Å²) in [4.78, 5) is 24.8. The Kier molecular flexibility index (Phi) is 3.65. The van der Waals surface area contributed by atoms with E-state index in [1.54, 1.807) is 0 Å². The number of ether oxygens (including phenoxy) is 2. The van der Waals surface area contributed by atoms with Gasteiger partial charge in [-0.05, 0) is 56.4 Å². The van der Waals surface area contributed by atoms with Crippen LogP contribution in [-0.2, 0) is 19.1 Å². The van der Waals surface area contributed by atoms with Crippen molar-refractivity contribution >= 4 is 11.9 Å². The summed E-state index contributed by atoms with van der Waals surface area (Å²) < 4.78 is 11.5. The van der Waals surface area contributed by atoms with Gasteiger partial charge in [0.1, 0.15) is 12.2 Å². The van der Waals surface area contributed by atoms with Crippen LogP contribution in [0.5, 0.6) is 0 Å². The fourth-order valence-corrected chi connectivity index (χ4v) is 5.84. The lowest BCUT2D eigenvalue weighted by atomic mass is 9.62. The second kappa shape index (κ2) is 5.68. The molecule has 0 aromatic rings. The van der Waals surface area contributed by atoms with E-state index < -0.39 is 0 Å².